The number of carboxylic acid groups (broad SMARTS) is 1. The van der Waals surface area contributed by atoms with Gasteiger partial charge in [-0.05, 0) is 31.0 Å². The van der Waals surface area contributed by atoms with E-state index in [-0.39, 0.29) is 5.56 Å². The molecule has 1 aromatic carbocycles. The zero-order chi connectivity index (χ0) is 13.4. The fraction of sp³-hybridized carbons (Fsp3) is 0.357. The highest BCUT2D eigenvalue weighted by atomic mass is 16.4. The van der Waals surface area contributed by atoms with Crippen molar-refractivity contribution in [3.05, 3.63) is 35.0 Å². The van der Waals surface area contributed by atoms with Gasteiger partial charge in [-0.15, -0.1) is 0 Å². The Kier molecular flexibility index (Phi) is 3.13. The summed E-state index contributed by atoms with van der Waals surface area (Å²) < 4.78 is 1.95. The average Bonchev–Trinajstić information content (AvgIpc) is 2.66. The zero-order valence-electron chi connectivity index (χ0n) is 10.8. The fourth-order valence-electron chi connectivity index (χ4n) is 2.40. The summed E-state index contributed by atoms with van der Waals surface area (Å²) in [7, 11) is 1.91. The number of aliphatic hydroxyl groups is 1. The Labute approximate surface area is 105 Å². The normalized spacial score (nSPS) is 12.9. The van der Waals surface area contributed by atoms with Gasteiger partial charge in [0.2, 0.25) is 0 Å². The monoisotopic (exact) mass is 247 g/mol. The van der Waals surface area contributed by atoms with E-state index in [9.17, 15) is 9.90 Å². The molecule has 1 unspecified atom stereocenters. The fourth-order valence-corrected chi connectivity index (χ4v) is 2.40. The largest absolute Gasteiger partial charge is 0.478 e. The Balaban J connectivity index is 2.85. The molecule has 0 bridgehead atoms. The predicted molar refractivity (Wildman–Crippen MR) is 69.9 cm³/mol. The van der Waals surface area contributed by atoms with Crippen molar-refractivity contribution in [3.63, 3.8) is 0 Å². The summed E-state index contributed by atoms with van der Waals surface area (Å²) in [6, 6.07) is 3.34. The lowest BCUT2D eigenvalue weighted by Gasteiger charge is -2.07. The molecule has 0 saturated carbocycles. The van der Waals surface area contributed by atoms with E-state index in [1.807, 2.05) is 24.7 Å². The van der Waals surface area contributed by atoms with Gasteiger partial charge in [0, 0.05) is 24.2 Å². The standard InChI is InChI=1S/C14H17NO3/c1-4-9-5-10(14(17)18)6-11-12(8(2)16)7-15(3)13(9)11/h5-8,16H,4H2,1-3H3,(H,17,18). The maximum atomic E-state index is 11.1. The van der Waals surface area contributed by atoms with Gasteiger partial charge in [0.25, 0.3) is 0 Å². The Hall–Kier alpha value is -1.81. The van der Waals surface area contributed by atoms with Gasteiger partial charge < -0.3 is 14.8 Å². The molecular weight excluding hydrogens is 230 g/mol. The van der Waals surface area contributed by atoms with E-state index in [0.29, 0.717) is 0 Å². The van der Waals surface area contributed by atoms with Gasteiger partial charge in [0.15, 0.2) is 0 Å². The SMILES string of the molecule is CCc1cc(C(=O)O)cc2c(C(C)O)cn(C)c12. The lowest BCUT2D eigenvalue weighted by Crippen LogP contribution is -2.00. The summed E-state index contributed by atoms with van der Waals surface area (Å²) in [6.45, 7) is 3.68. The van der Waals surface area contributed by atoms with E-state index in [1.54, 1.807) is 19.1 Å². The van der Waals surface area contributed by atoms with Crippen LogP contribution in [-0.4, -0.2) is 20.7 Å². The van der Waals surface area contributed by atoms with E-state index in [1.165, 1.54) is 0 Å². The van der Waals surface area contributed by atoms with Gasteiger partial charge in [0.1, 0.15) is 0 Å². The van der Waals surface area contributed by atoms with Crippen LogP contribution in [0, 0.1) is 0 Å². The van der Waals surface area contributed by atoms with Crippen molar-refractivity contribution in [3.8, 4) is 0 Å². The molecule has 2 N–H and O–H groups in total. The van der Waals surface area contributed by atoms with Crippen LogP contribution in [0.2, 0.25) is 0 Å². The smallest absolute Gasteiger partial charge is 0.335 e. The summed E-state index contributed by atoms with van der Waals surface area (Å²) in [6.07, 6.45) is 2.01. The minimum absolute atomic E-state index is 0.271. The number of benzene rings is 1. The quantitative estimate of drug-likeness (QED) is 0.876. The molecule has 2 aromatic rings. The van der Waals surface area contributed by atoms with Crippen LogP contribution >= 0.6 is 0 Å². The van der Waals surface area contributed by atoms with E-state index in [0.717, 1.165) is 28.5 Å². The topological polar surface area (TPSA) is 62.5 Å². The molecule has 2 rings (SSSR count). The van der Waals surface area contributed by atoms with Crippen LogP contribution in [0.3, 0.4) is 0 Å². The minimum Gasteiger partial charge on any atom is -0.478 e. The van der Waals surface area contributed by atoms with E-state index >= 15 is 0 Å². The Morgan fingerprint density at radius 1 is 1.44 bits per heavy atom. The van der Waals surface area contributed by atoms with Crippen molar-refractivity contribution in [1.29, 1.82) is 0 Å². The second kappa shape index (κ2) is 4.46. The molecule has 4 nitrogen and oxygen atoms in total. The van der Waals surface area contributed by atoms with E-state index in [4.69, 9.17) is 5.11 Å². The first kappa shape index (κ1) is 12.6. The molecule has 0 radical (unpaired) electrons. The lowest BCUT2D eigenvalue weighted by atomic mass is 10.0. The van der Waals surface area contributed by atoms with Crippen molar-refractivity contribution in [2.45, 2.75) is 26.4 Å². The molecule has 1 aromatic heterocycles. The first-order valence-corrected chi connectivity index (χ1v) is 5.99. The van der Waals surface area contributed by atoms with Crippen molar-refractivity contribution >= 4 is 16.9 Å². The molecular formula is C14H17NO3. The highest BCUT2D eigenvalue weighted by Crippen LogP contribution is 2.30. The Morgan fingerprint density at radius 2 is 2.11 bits per heavy atom. The number of carbonyl (C=O) groups is 1. The number of aromatic carboxylic acids is 1. The Bertz CT molecular complexity index is 611. The number of hydrogen-bond donors (Lipinski definition) is 2. The number of fused-ring (bicyclic) bond motifs is 1. The molecule has 1 atom stereocenters. The highest BCUT2D eigenvalue weighted by molar-refractivity contribution is 5.96. The van der Waals surface area contributed by atoms with Gasteiger partial charge in [-0.3, -0.25) is 0 Å². The molecule has 0 fully saturated rings. The number of carboxylic acids is 1. The third-order valence-corrected chi connectivity index (χ3v) is 3.26. The van der Waals surface area contributed by atoms with E-state index in [2.05, 4.69) is 0 Å². The average molecular weight is 247 g/mol. The number of aliphatic hydroxyl groups excluding tert-OH is 1. The number of aryl methyl sites for hydroxylation is 2. The molecule has 0 spiro atoms. The minimum atomic E-state index is -0.938. The van der Waals surface area contributed by atoms with Crippen LogP contribution in [0.4, 0.5) is 0 Å². The van der Waals surface area contributed by atoms with Gasteiger partial charge in [-0.1, -0.05) is 6.92 Å². The predicted octanol–water partition coefficient (Wildman–Crippen LogP) is 2.49. The molecule has 0 aliphatic heterocycles. The van der Waals surface area contributed by atoms with Crippen molar-refractivity contribution in [2.24, 2.45) is 7.05 Å². The molecule has 4 heteroatoms. The molecule has 18 heavy (non-hydrogen) atoms. The lowest BCUT2D eigenvalue weighted by molar-refractivity contribution is 0.0697. The van der Waals surface area contributed by atoms with Crippen molar-refractivity contribution in [2.75, 3.05) is 0 Å². The third kappa shape index (κ3) is 1.88. The summed E-state index contributed by atoms with van der Waals surface area (Å²) >= 11 is 0. The summed E-state index contributed by atoms with van der Waals surface area (Å²) in [5, 5.41) is 19.7. The molecule has 0 aliphatic rings. The van der Waals surface area contributed by atoms with Crippen LogP contribution in [0.25, 0.3) is 10.9 Å². The first-order chi connectivity index (χ1) is 8.45. The summed E-state index contributed by atoms with van der Waals surface area (Å²) in [5.74, 6) is -0.938. The number of aromatic nitrogens is 1. The van der Waals surface area contributed by atoms with E-state index < -0.39 is 12.1 Å². The van der Waals surface area contributed by atoms with Crippen LogP contribution in [0.1, 0.15) is 41.4 Å². The molecule has 0 saturated heterocycles. The zero-order valence-corrected chi connectivity index (χ0v) is 10.8. The maximum Gasteiger partial charge on any atom is 0.335 e. The third-order valence-electron chi connectivity index (χ3n) is 3.26. The summed E-state index contributed by atoms with van der Waals surface area (Å²) in [5.41, 5.74) is 3.02. The number of hydrogen-bond acceptors (Lipinski definition) is 2. The second-order valence-electron chi connectivity index (χ2n) is 4.56. The number of nitrogens with zero attached hydrogens (tertiary/aromatic N) is 1. The van der Waals surface area contributed by atoms with Crippen LogP contribution < -0.4 is 0 Å². The molecule has 0 aliphatic carbocycles. The van der Waals surface area contributed by atoms with Crippen molar-refractivity contribution < 1.29 is 15.0 Å². The van der Waals surface area contributed by atoms with Crippen LogP contribution in [0.15, 0.2) is 18.3 Å². The van der Waals surface area contributed by atoms with Crippen molar-refractivity contribution in [1.82, 2.24) is 4.57 Å². The summed E-state index contributed by atoms with van der Waals surface area (Å²) in [4.78, 5) is 11.1. The number of rotatable bonds is 3. The van der Waals surface area contributed by atoms with Gasteiger partial charge in [-0.25, -0.2) is 4.79 Å². The van der Waals surface area contributed by atoms with Gasteiger partial charge in [-0.2, -0.15) is 0 Å². The molecule has 96 valence electrons. The van der Waals surface area contributed by atoms with Crippen LogP contribution in [-0.2, 0) is 13.5 Å². The highest BCUT2D eigenvalue weighted by Gasteiger charge is 2.16. The molecule has 1 heterocycles. The Morgan fingerprint density at radius 3 is 2.61 bits per heavy atom. The molecule has 0 amide bonds. The van der Waals surface area contributed by atoms with Gasteiger partial charge >= 0.3 is 5.97 Å². The van der Waals surface area contributed by atoms with Crippen LogP contribution in [0.5, 0.6) is 0 Å². The first-order valence-electron chi connectivity index (χ1n) is 5.99. The van der Waals surface area contributed by atoms with Gasteiger partial charge in [0.05, 0.1) is 17.2 Å². The maximum absolute atomic E-state index is 11.1. The second-order valence-corrected chi connectivity index (χ2v) is 4.56.